The lowest BCUT2D eigenvalue weighted by molar-refractivity contribution is -0.274. The Balaban J connectivity index is 2.13. The number of aliphatic hydroxyl groups is 1. The van der Waals surface area contributed by atoms with Crippen molar-refractivity contribution >= 4 is 35.1 Å². The minimum atomic E-state index is -4.95. The van der Waals surface area contributed by atoms with Crippen molar-refractivity contribution in [3.05, 3.63) is 24.3 Å². The number of ketones is 1. The Kier molecular flexibility index (Phi) is 10.8. The predicted molar refractivity (Wildman–Crippen MR) is 132 cm³/mol. The van der Waals surface area contributed by atoms with Crippen molar-refractivity contribution in [1.29, 1.82) is 0 Å². The molecule has 1 unspecified atom stereocenters. The van der Waals surface area contributed by atoms with Crippen LogP contribution in [-0.4, -0.2) is 66.1 Å². The van der Waals surface area contributed by atoms with E-state index >= 15 is 0 Å². The Hall–Kier alpha value is -3.68. The number of aliphatic hydroxyl groups excluding tert-OH is 1. The van der Waals surface area contributed by atoms with E-state index < -0.39 is 65.6 Å². The van der Waals surface area contributed by atoms with Gasteiger partial charge in [-0.2, -0.15) is 0 Å². The number of Topliss-reactive ketones (excluding diaryl/α,β-unsaturated/α-hetero) is 1. The summed E-state index contributed by atoms with van der Waals surface area (Å²) in [5.74, 6) is -5.48. The van der Waals surface area contributed by atoms with Crippen molar-refractivity contribution in [1.82, 2.24) is 16.0 Å². The number of carbonyl (C=O) groups excluding carboxylic acids is 5. The van der Waals surface area contributed by atoms with Crippen molar-refractivity contribution < 1.29 is 47.0 Å². The van der Waals surface area contributed by atoms with Gasteiger partial charge in [0.15, 0.2) is 5.78 Å². The summed E-state index contributed by atoms with van der Waals surface area (Å²) >= 11 is 0. The van der Waals surface area contributed by atoms with Gasteiger partial charge in [0.25, 0.3) is 0 Å². The molecule has 0 aliphatic carbocycles. The molecule has 4 amide bonds. The van der Waals surface area contributed by atoms with Gasteiger partial charge in [-0.3, -0.25) is 24.0 Å². The number of hydrogen-bond acceptors (Lipinski definition) is 7. The van der Waals surface area contributed by atoms with Gasteiger partial charge in [-0.15, -0.1) is 13.2 Å². The molecule has 0 spiro atoms. The second-order valence-electron chi connectivity index (χ2n) is 10.4. The fraction of sp³-hybridized carbons (Fsp3) is 0.560. The topological polar surface area (TPSA) is 163 Å². The zero-order valence-corrected chi connectivity index (χ0v) is 21.8. The molecule has 1 aromatic rings. The molecule has 1 aliphatic heterocycles. The minimum Gasteiger partial charge on any atom is -0.406 e. The maximum absolute atomic E-state index is 13.2. The largest absolute Gasteiger partial charge is 0.573 e. The molecule has 0 saturated carbocycles. The van der Waals surface area contributed by atoms with E-state index in [0.29, 0.717) is 19.4 Å². The highest BCUT2D eigenvalue weighted by atomic mass is 19.4. The molecule has 1 fully saturated rings. The van der Waals surface area contributed by atoms with Gasteiger partial charge in [0.1, 0.15) is 18.4 Å². The van der Waals surface area contributed by atoms with E-state index in [4.69, 9.17) is 0 Å². The molecule has 5 N–H and O–H groups in total. The van der Waals surface area contributed by atoms with Crippen LogP contribution in [0.5, 0.6) is 5.75 Å². The van der Waals surface area contributed by atoms with E-state index in [1.807, 2.05) is 0 Å². The van der Waals surface area contributed by atoms with Crippen LogP contribution in [0.3, 0.4) is 0 Å². The summed E-state index contributed by atoms with van der Waals surface area (Å²) < 4.78 is 41.2. The first-order chi connectivity index (χ1) is 18.1. The third kappa shape index (κ3) is 10.9. The molecule has 0 radical (unpaired) electrons. The lowest BCUT2D eigenvalue weighted by Crippen LogP contribution is -2.55. The molecule has 39 heavy (non-hydrogen) atoms. The zero-order chi connectivity index (χ0) is 29.4. The number of halogens is 3. The monoisotopic (exact) mass is 558 g/mol. The van der Waals surface area contributed by atoms with Gasteiger partial charge in [-0.1, -0.05) is 26.8 Å². The summed E-state index contributed by atoms with van der Waals surface area (Å²) in [6.07, 6.45) is -3.79. The summed E-state index contributed by atoms with van der Waals surface area (Å²) in [6.45, 7) is 4.94. The summed E-state index contributed by atoms with van der Waals surface area (Å²) in [7, 11) is 0. The van der Waals surface area contributed by atoms with Crippen LogP contribution in [0.2, 0.25) is 0 Å². The number of nitrogens with one attached hydrogen (secondary N) is 4. The molecule has 11 nitrogen and oxygen atoms in total. The van der Waals surface area contributed by atoms with Crippen molar-refractivity contribution in [2.24, 2.45) is 11.3 Å². The first kappa shape index (κ1) is 31.5. The van der Waals surface area contributed by atoms with Gasteiger partial charge >= 0.3 is 18.2 Å². The number of hydrogen-bond donors (Lipinski definition) is 5. The molecule has 0 bridgehead atoms. The second kappa shape index (κ2) is 13.4. The average Bonchev–Trinajstić information content (AvgIpc) is 2.82. The molecular weight excluding hydrogens is 525 g/mol. The molecular formula is C25H33F3N4O7. The smallest absolute Gasteiger partial charge is 0.406 e. The Morgan fingerprint density at radius 2 is 1.79 bits per heavy atom. The quantitative estimate of drug-likeness (QED) is 0.271. The van der Waals surface area contributed by atoms with Crippen LogP contribution < -0.4 is 26.0 Å². The predicted octanol–water partition coefficient (Wildman–Crippen LogP) is 1.41. The third-order valence-electron chi connectivity index (χ3n) is 5.75. The molecule has 0 aromatic heterocycles. The number of rotatable bonds is 10. The molecule has 1 heterocycles. The van der Waals surface area contributed by atoms with E-state index in [-0.39, 0.29) is 24.4 Å². The number of anilines is 1. The maximum atomic E-state index is 13.2. The fourth-order valence-corrected chi connectivity index (χ4v) is 4.00. The molecule has 1 aromatic carbocycles. The molecule has 2 rings (SSSR count). The lowest BCUT2D eigenvalue weighted by atomic mass is 9.87. The van der Waals surface area contributed by atoms with Crippen molar-refractivity contribution in [2.75, 3.05) is 18.5 Å². The Bertz CT molecular complexity index is 1070. The van der Waals surface area contributed by atoms with Gasteiger partial charge in [0.05, 0.1) is 6.04 Å². The first-order valence-corrected chi connectivity index (χ1v) is 12.3. The molecule has 3 atom stereocenters. The number of amides is 4. The van der Waals surface area contributed by atoms with Crippen LogP contribution in [0.15, 0.2) is 24.3 Å². The Morgan fingerprint density at radius 1 is 1.10 bits per heavy atom. The van der Waals surface area contributed by atoms with Crippen molar-refractivity contribution in [2.45, 2.75) is 64.9 Å². The van der Waals surface area contributed by atoms with Crippen LogP contribution in [0.25, 0.3) is 0 Å². The second-order valence-corrected chi connectivity index (χ2v) is 10.4. The van der Waals surface area contributed by atoms with E-state index in [1.54, 1.807) is 20.8 Å². The minimum absolute atomic E-state index is 0.0384. The summed E-state index contributed by atoms with van der Waals surface area (Å²) in [5.41, 5.74) is -0.692. The highest BCUT2D eigenvalue weighted by molar-refractivity contribution is 6.40. The average molecular weight is 559 g/mol. The zero-order valence-electron chi connectivity index (χ0n) is 21.8. The highest BCUT2D eigenvalue weighted by Crippen LogP contribution is 2.25. The van der Waals surface area contributed by atoms with Crippen LogP contribution in [0.1, 0.15) is 46.5 Å². The van der Waals surface area contributed by atoms with Crippen LogP contribution in [-0.2, 0) is 24.0 Å². The first-order valence-electron chi connectivity index (χ1n) is 12.3. The SMILES string of the molecule is CC(C)(C)C[C@H](NC(=O)C(=O)Nc1cccc(OC(F)(F)F)c1)C(=O)N[C@@H](CC1CCCNC1=O)C(=O)CO. The molecule has 14 heteroatoms. The standard InChI is InChI=1S/C25H33F3N4O7/c1-24(2,3)12-18(21(36)31-17(19(34)13-33)10-14-6-5-9-29-20(14)35)32-23(38)22(37)30-15-7-4-8-16(11-15)39-25(26,27)28/h4,7-8,11,14,17-18,33H,5-6,9-10,12-13H2,1-3H3,(H,29,35)(H,30,37)(H,31,36)(H,32,38)/t14?,17-,18-/m0/s1. The number of benzene rings is 1. The maximum Gasteiger partial charge on any atom is 0.573 e. The van der Waals surface area contributed by atoms with E-state index in [0.717, 1.165) is 12.1 Å². The van der Waals surface area contributed by atoms with Gasteiger partial charge in [0.2, 0.25) is 11.8 Å². The molecule has 1 aliphatic rings. The normalized spacial score (nSPS) is 17.3. The van der Waals surface area contributed by atoms with Crippen molar-refractivity contribution in [3.63, 3.8) is 0 Å². The highest BCUT2D eigenvalue weighted by Gasteiger charge is 2.34. The van der Waals surface area contributed by atoms with E-state index in [9.17, 15) is 42.3 Å². The van der Waals surface area contributed by atoms with Gasteiger partial charge in [-0.05, 0) is 43.2 Å². The van der Waals surface area contributed by atoms with Crippen LogP contribution in [0.4, 0.5) is 18.9 Å². The Labute approximate surface area is 223 Å². The number of carbonyl (C=O) groups is 5. The van der Waals surface area contributed by atoms with Gasteiger partial charge < -0.3 is 31.1 Å². The number of piperidine rings is 1. The summed E-state index contributed by atoms with van der Waals surface area (Å²) in [5, 5.41) is 19.0. The summed E-state index contributed by atoms with van der Waals surface area (Å²) in [6, 6.07) is 1.78. The third-order valence-corrected chi connectivity index (χ3v) is 5.75. The van der Waals surface area contributed by atoms with Crippen LogP contribution in [0, 0.1) is 11.3 Å². The number of alkyl halides is 3. The summed E-state index contributed by atoms with van der Waals surface area (Å²) in [4.78, 5) is 62.7. The Morgan fingerprint density at radius 3 is 2.38 bits per heavy atom. The van der Waals surface area contributed by atoms with Gasteiger partial charge in [-0.25, -0.2) is 0 Å². The number of ether oxygens (including phenoxy) is 1. The van der Waals surface area contributed by atoms with Crippen molar-refractivity contribution in [3.8, 4) is 5.75 Å². The molecule has 216 valence electrons. The molecule has 1 saturated heterocycles. The van der Waals surface area contributed by atoms with E-state index in [1.165, 1.54) is 12.1 Å². The van der Waals surface area contributed by atoms with Gasteiger partial charge in [0, 0.05) is 24.2 Å². The fourth-order valence-electron chi connectivity index (χ4n) is 4.00. The lowest BCUT2D eigenvalue weighted by Gasteiger charge is -2.29. The van der Waals surface area contributed by atoms with Crippen LogP contribution >= 0.6 is 0 Å². The van der Waals surface area contributed by atoms with E-state index in [2.05, 4.69) is 26.0 Å².